The molecule has 0 heterocycles. The maximum absolute atomic E-state index is 13.0. The molecule has 9 nitrogen and oxygen atoms in total. The van der Waals surface area contributed by atoms with Crippen LogP contribution in [-0.4, -0.2) is 48.6 Å². The molecule has 0 spiro atoms. The molecule has 0 aromatic heterocycles. The first-order chi connectivity index (χ1) is 21.0. The van der Waals surface area contributed by atoms with Crippen LogP contribution in [0.25, 0.3) is 11.1 Å². The van der Waals surface area contributed by atoms with Gasteiger partial charge >= 0.3 is 18.1 Å². The van der Waals surface area contributed by atoms with Crippen molar-refractivity contribution in [1.29, 1.82) is 0 Å². The third-order valence-electron chi connectivity index (χ3n) is 7.22. The lowest BCUT2D eigenvalue weighted by Crippen LogP contribution is -2.56. The third kappa shape index (κ3) is 7.78. The molecular formula is C34H33N3O6. The first-order valence-corrected chi connectivity index (χ1v) is 14.0. The van der Waals surface area contributed by atoms with Crippen molar-refractivity contribution >= 4 is 18.1 Å². The number of aliphatic carboxylic acids is 1. The number of urea groups is 1. The van der Waals surface area contributed by atoms with Gasteiger partial charge < -0.3 is 30.5 Å². The maximum Gasteiger partial charge on any atom is 0.408 e. The standard InChI is InChI=1S/C34H33N3O6/c38-32(39)30(22-42-20-24-13-5-2-6-14-24)35-33(40)36-31(19-23-11-3-1-4-12-23)37-34(41)43-21-29-27-17-9-7-15-25(27)26-16-8-10-18-28(26)29/h1-18,29-31H,19-22H2,(H,37,41)(H,38,39)(H2,35,36,40)/t30-,31-/m0/s1. The van der Waals surface area contributed by atoms with E-state index in [4.69, 9.17) is 9.47 Å². The van der Waals surface area contributed by atoms with Gasteiger partial charge in [0.15, 0.2) is 6.04 Å². The monoisotopic (exact) mass is 579 g/mol. The zero-order chi connectivity index (χ0) is 30.0. The van der Waals surface area contributed by atoms with E-state index in [1.165, 1.54) is 0 Å². The van der Waals surface area contributed by atoms with Crippen LogP contribution in [0.3, 0.4) is 0 Å². The minimum absolute atomic E-state index is 0.115. The van der Waals surface area contributed by atoms with Crippen molar-refractivity contribution in [3.63, 3.8) is 0 Å². The quantitative estimate of drug-likeness (QED) is 0.174. The zero-order valence-electron chi connectivity index (χ0n) is 23.4. The lowest BCUT2D eigenvalue weighted by Gasteiger charge is -2.23. The highest BCUT2D eigenvalue weighted by molar-refractivity contribution is 5.83. The van der Waals surface area contributed by atoms with Crippen LogP contribution in [0.5, 0.6) is 0 Å². The molecule has 4 N–H and O–H groups in total. The van der Waals surface area contributed by atoms with E-state index >= 15 is 0 Å². The smallest absolute Gasteiger partial charge is 0.408 e. The highest BCUT2D eigenvalue weighted by atomic mass is 16.5. The zero-order valence-corrected chi connectivity index (χ0v) is 23.4. The predicted octanol–water partition coefficient (Wildman–Crippen LogP) is 5.06. The van der Waals surface area contributed by atoms with Crippen molar-refractivity contribution in [2.24, 2.45) is 0 Å². The molecule has 0 fully saturated rings. The second-order valence-corrected chi connectivity index (χ2v) is 10.2. The Morgan fingerprint density at radius 2 is 1.26 bits per heavy atom. The molecule has 0 saturated heterocycles. The summed E-state index contributed by atoms with van der Waals surface area (Å²) in [6, 6.07) is 32.6. The van der Waals surface area contributed by atoms with Crippen LogP contribution in [0.2, 0.25) is 0 Å². The number of carboxylic acid groups (broad SMARTS) is 1. The Morgan fingerprint density at radius 1 is 0.698 bits per heavy atom. The number of carbonyl (C=O) groups is 3. The number of hydrogen-bond donors (Lipinski definition) is 4. The van der Waals surface area contributed by atoms with E-state index in [1.807, 2.05) is 97.1 Å². The van der Waals surface area contributed by atoms with E-state index in [-0.39, 0.29) is 32.2 Å². The summed E-state index contributed by atoms with van der Waals surface area (Å²) in [5, 5.41) is 17.5. The molecule has 0 unspecified atom stereocenters. The molecule has 0 aliphatic heterocycles. The molecular weight excluding hydrogens is 546 g/mol. The summed E-state index contributed by atoms with van der Waals surface area (Å²) in [5.41, 5.74) is 6.15. The van der Waals surface area contributed by atoms with Gasteiger partial charge in [-0.2, -0.15) is 0 Å². The Balaban J connectivity index is 1.20. The number of benzene rings is 4. The van der Waals surface area contributed by atoms with Crippen LogP contribution >= 0.6 is 0 Å². The number of alkyl carbamates (subject to hydrolysis) is 1. The third-order valence-corrected chi connectivity index (χ3v) is 7.22. The average Bonchev–Trinajstić information content (AvgIpc) is 3.34. The molecule has 0 bridgehead atoms. The largest absolute Gasteiger partial charge is 0.480 e. The Morgan fingerprint density at radius 3 is 1.86 bits per heavy atom. The van der Waals surface area contributed by atoms with Crippen LogP contribution in [0.4, 0.5) is 9.59 Å². The molecule has 220 valence electrons. The maximum atomic E-state index is 13.0. The molecule has 43 heavy (non-hydrogen) atoms. The van der Waals surface area contributed by atoms with Gasteiger partial charge in [0.25, 0.3) is 0 Å². The van der Waals surface area contributed by atoms with Crippen LogP contribution in [0, 0.1) is 0 Å². The topological polar surface area (TPSA) is 126 Å². The number of ether oxygens (including phenoxy) is 2. The normalized spacial score (nSPS) is 13.2. The van der Waals surface area contributed by atoms with Gasteiger partial charge in [-0.25, -0.2) is 14.4 Å². The Labute approximate surface area is 249 Å². The number of nitrogens with one attached hydrogen (secondary N) is 3. The van der Waals surface area contributed by atoms with Gasteiger partial charge in [0.1, 0.15) is 12.8 Å². The summed E-state index contributed by atoms with van der Waals surface area (Å²) in [6.07, 6.45) is -1.33. The summed E-state index contributed by atoms with van der Waals surface area (Å²) in [7, 11) is 0. The molecule has 4 aromatic rings. The lowest BCUT2D eigenvalue weighted by atomic mass is 9.98. The summed E-state index contributed by atoms with van der Waals surface area (Å²) >= 11 is 0. The lowest BCUT2D eigenvalue weighted by molar-refractivity contribution is -0.141. The molecule has 0 saturated carbocycles. The number of rotatable bonds is 12. The average molecular weight is 580 g/mol. The van der Waals surface area contributed by atoms with Crippen LogP contribution < -0.4 is 16.0 Å². The van der Waals surface area contributed by atoms with Crippen molar-refractivity contribution in [3.8, 4) is 11.1 Å². The van der Waals surface area contributed by atoms with Gasteiger partial charge in [0, 0.05) is 12.3 Å². The van der Waals surface area contributed by atoms with Crippen LogP contribution in [0.1, 0.15) is 28.2 Å². The van der Waals surface area contributed by atoms with Gasteiger partial charge in [-0.3, -0.25) is 0 Å². The number of fused-ring (bicyclic) bond motifs is 3. The van der Waals surface area contributed by atoms with Crippen molar-refractivity contribution in [2.45, 2.75) is 31.2 Å². The minimum Gasteiger partial charge on any atom is -0.480 e. The highest BCUT2D eigenvalue weighted by Gasteiger charge is 2.29. The molecule has 1 aliphatic carbocycles. The number of carbonyl (C=O) groups excluding carboxylic acids is 2. The number of hydrogen-bond acceptors (Lipinski definition) is 5. The van der Waals surface area contributed by atoms with E-state index in [0.29, 0.717) is 0 Å². The molecule has 0 radical (unpaired) electrons. The van der Waals surface area contributed by atoms with E-state index in [2.05, 4.69) is 28.1 Å². The fourth-order valence-corrected chi connectivity index (χ4v) is 5.17. The fourth-order valence-electron chi connectivity index (χ4n) is 5.17. The molecule has 9 heteroatoms. The van der Waals surface area contributed by atoms with Gasteiger partial charge in [0.2, 0.25) is 0 Å². The second kappa shape index (κ2) is 14.2. The minimum atomic E-state index is -1.30. The van der Waals surface area contributed by atoms with E-state index < -0.39 is 30.3 Å². The van der Waals surface area contributed by atoms with E-state index in [1.54, 1.807) is 0 Å². The molecule has 4 aromatic carbocycles. The Kier molecular flexibility index (Phi) is 9.66. The van der Waals surface area contributed by atoms with Crippen LogP contribution in [-0.2, 0) is 27.3 Å². The summed E-state index contributed by atoms with van der Waals surface area (Å²) in [5.74, 6) is -1.36. The highest BCUT2D eigenvalue weighted by Crippen LogP contribution is 2.44. The molecule has 1 aliphatic rings. The summed E-state index contributed by atoms with van der Waals surface area (Å²) < 4.78 is 11.2. The Bertz CT molecular complexity index is 1500. The fraction of sp³-hybridized carbons (Fsp3) is 0.206. The first kappa shape index (κ1) is 29.3. The van der Waals surface area contributed by atoms with Crippen molar-refractivity contribution in [2.75, 3.05) is 13.2 Å². The first-order valence-electron chi connectivity index (χ1n) is 14.0. The number of amides is 3. The molecule has 5 rings (SSSR count). The van der Waals surface area contributed by atoms with Crippen molar-refractivity contribution in [1.82, 2.24) is 16.0 Å². The summed E-state index contributed by atoms with van der Waals surface area (Å²) in [4.78, 5) is 37.7. The van der Waals surface area contributed by atoms with Crippen LogP contribution in [0.15, 0.2) is 109 Å². The Hall–Kier alpha value is -5.15. The molecule has 3 amide bonds. The van der Waals surface area contributed by atoms with E-state index in [9.17, 15) is 19.5 Å². The van der Waals surface area contributed by atoms with Crippen molar-refractivity contribution < 1.29 is 29.0 Å². The van der Waals surface area contributed by atoms with Gasteiger partial charge in [-0.05, 0) is 33.4 Å². The predicted molar refractivity (Wildman–Crippen MR) is 161 cm³/mol. The number of carboxylic acids is 1. The SMILES string of the molecule is O=C(N[C@H](Cc1ccccc1)NC(=O)OCC1c2ccccc2-c2ccccc21)N[C@@H](COCc1ccccc1)C(=O)O. The second-order valence-electron chi connectivity index (χ2n) is 10.2. The van der Waals surface area contributed by atoms with Gasteiger partial charge in [-0.15, -0.1) is 0 Å². The van der Waals surface area contributed by atoms with Crippen molar-refractivity contribution in [3.05, 3.63) is 131 Å². The molecule has 2 atom stereocenters. The van der Waals surface area contributed by atoms with Gasteiger partial charge in [0.05, 0.1) is 13.2 Å². The van der Waals surface area contributed by atoms with Gasteiger partial charge in [-0.1, -0.05) is 109 Å². The van der Waals surface area contributed by atoms with E-state index in [0.717, 1.165) is 33.4 Å². The summed E-state index contributed by atoms with van der Waals surface area (Å²) in [6.45, 7) is 0.0820.